The number of amides is 2. The van der Waals surface area contributed by atoms with Gasteiger partial charge in [-0.1, -0.05) is 28.1 Å². The minimum Gasteiger partial charge on any atom is -0.370 e. The highest BCUT2D eigenvalue weighted by Crippen LogP contribution is 2.47. The van der Waals surface area contributed by atoms with Gasteiger partial charge >= 0.3 is 0 Å². The maximum absolute atomic E-state index is 11.9. The summed E-state index contributed by atoms with van der Waals surface area (Å²) in [5.74, 6) is 0.171. The summed E-state index contributed by atoms with van der Waals surface area (Å²) in [6.45, 7) is 0.519. The molecule has 1 fully saturated rings. The molecule has 5 heteroatoms. The van der Waals surface area contributed by atoms with Crippen LogP contribution in [0.25, 0.3) is 0 Å². The highest BCUT2D eigenvalue weighted by molar-refractivity contribution is 9.10. The second-order valence-electron chi connectivity index (χ2n) is 4.86. The quantitative estimate of drug-likeness (QED) is 0.785. The number of carbonyl (C=O) groups is 2. The third-order valence-electron chi connectivity index (χ3n) is 3.32. The standard InChI is InChI=1S/C14H17BrN2O2/c15-10-5-3-9(4-6-10)11-8-12(11)14(19)17-7-1-2-13(16)18/h3-6,11-12H,1-2,7-8H2,(H2,16,18)(H,17,19)/t11-,12-/m1/s1. The van der Waals surface area contributed by atoms with Crippen molar-refractivity contribution in [3.05, 3.63) is 34.3 Å². The minimum atomic E-state index is -0.326. The zero-order chi connectivity index (χ0) is 13.8. The highest BCUT2D eigenvalue weighted by atomic mass is 79.9. The molecule has 0 radical (unpaired) electrons. The molecule has 19 heavy (non-hydrogen) atoms. The smallest absolute Gasteiger partial charge is 0.223 e. The summed E-state index contributed by atoms with van der Waals surface area (Å²) in [6.07, 6.45) is 1.83. The fraction of sp³-hybridized carbons (Fsp3) is 0.429. The van der Waals surface area contributed by atoms with Gasteiger partial charge in [-0.25, -0.2) is 0 Å². The largest absolute Gasteiger partial charge is 0.370 e. The number of hydrogen-bond donors (Lipinski definition) is 2. The number of hydrogen-bond acceptors (Lipinski definition) is 2. The Morgan fingerprint density at radius 2 is 2.00 bits per heavy atom. The van der Waals surface area contributed by atoms with Crippen molar-refractivity contribution in [2.24, 2.45) is 11.7 Å². The molecule has 1 aromatic carbocycles. The number of carbonyl (C=O) groups excluding carboxylic acids is 2. The van der Waals surface area contributed by atoms with Crippen molar-refractivity contribution in [3.8, 4) is 0 Å². The van der Waals surface area contributed by atoms with Gasteiger partial charge in [-0.2, -0.15) is 0 Å². The Morgan fingerprint density at radius 3 is 2.63 bits per heavy atom. The van der Waals surface area contributed by atoms with E-state index in [1.807, 2.05) is 12.1 Å². The zero-order valence-electron chi connectivity index (χ0n) is 10.6. The Bertz CT molecular complexity index is 473. The molecule has 1 saturated carbocycles. The van der Waals surface area contributed by atoms with Gasteiger partial charge < -0.3 is 11.1 Å². The van der Waals surface area contributed by atoms with E-state index >= 15 is 0 Å². The van der Waals surface area contributed by atoms with Gasteiger partial charge in [0.2, 0.25) is 11.8 Å². The van der Waals surface area contributed by atoms with E-state index in [-0.39, 0.29) is 17.7 Å². The summed E-state index contributed by atoms with van der Waals surface area (Å²) >= 11 is 3.40. The molecule has 2 amide bonds. The van der Waals surface area contributed by atoms with Gasteiger partial charge in [0, 0.05) is 23.4 Å². The van der Waals surface area contributed by atoms with Crippen molar-refractivity contribution in [1.82, 2.24) is 5.32 Å². The summed E-state index contributed by atoms with van der Waals surface area (Å²) in [6, 6.07) is 8.09. The normalized spacial score (nSPS) is 20.9. The molecule has 1 aliphatic carbocycles. The van der Waals surface area contributed by atoms with Crippen LogP contribution in [-0.2, 0) is 9.59 Å². The van der Waals surface area contributed by atoms with Crippen LogP contribution in [0.3, 0.4) is 0 Å². The van der Waals surface area contributed by atoms with E-state index in [0.29, 0.717) is 25.3 Å². The van der Waals surface area contributed by atoms with Gasteiger partial charge in [-0.15, -0.1) is 0 Å². The van der Waals surface area contributed by atoms with Crippen molar-refractivity contribution in [2.75, 3.05) is 6.54 Å². The first-order valence-corrected chi connectivity index (χ1v) is 7.18. The number of nitrogens with one attached hydrogen (secondary N) is 1. The Balaban J connectivity index is 1.74. The summed E-state index contributed by atoms with van der Waals surface area (Å²) in [4.78, 5) is 22.4. The highest BCUT2D eigenvalue weighted by Gasteiger charge is 2.43. The summed E-state index contributed by atoms with van der Waals surface area (Å²) in [5, 5.41) is 2.86. The first-order chi connectivity index (χ1) is 9.08. The predicted octanol–water partition coefficient (Wildman–Crippen LogP) is 1.93. The van der Waals surface area contributed by atoms with Crippen molar-refractivity contribution >= 4 is 27.7 Å². The van der Waals surface area contributed by atoms with Crippen molar-refractivity contribution in [1.29, 1.82) is 0 Å². The Kier molecular flexibility index (Phi) is 4.58. The van der Waals surface area contributed by atoms with E-state index in [1.165, 1.54) is 5.56 Å². The topological polar surface area (TPSA) is 72.2 Å². The third kappa shape index (κ3) is 4.06. The fourth-order valence-electron chi connectivity index (χ4n) is 2.17. The molecule has 0 heterocycles. The lowest BCUT2D eigenvalue weighted by Crippen LogP contribution is -2.27. The summed E-state index contributed by atoms with van der Waals surface area (Å²) < 4.78 is 1.05. The molecule has 2 rings (SSSR count). The van der Waals surface area contributed by atoms with E-state index in [4.69, 9.17) is 5.73 Å². The van der Waals surface area contributed by atoms with Crippen LogP contribution in [0.4, 0.5) is 0 Å². The van der Waals surface area contributed by atoms with E-state index < -0.39 is 0 Å². The molecule has 0 aliphatic heterocycles. The van der Waals surface area contributed by atoms with E-state index in [0.717, 1.165) is 10.9 Å². The average molecular weight is 325 g/mol. The zero-order valence-corrected chi connectivity index (χ0v) is 12.2. The minimum absolute atomic E-state index is 0.0785. The summed E-state index contributed by atoms with van der Waals surface area (Å²) in [7, 11) is 0. The van der Waals surface area contributed by atoms with Gasteiger partial charge in [-0.3, -0.25) is 9.59 Å². The van der Waals surface area contributed by atoms with Crippen molar-refractivity contribution in [3.63, 3.8) is 0 Å². The molecule has 102 valence electrons. The average Bonchev–Trinajstić information content (AvgIpc) is 3.15. The second kappa shape index (κ2) is 6.19. The Labute approximate surface area is 120 Å². The molecule has 4 nitrogen and oxygen atoms in total. The molecule has 0 spiro atoms. The van der Waals surface area contributed by atoms with Gasteiger partial charge in [0.25, 0.3) is 0 Å². The number of halogens is 1. The molecule has 0 saturated heterocycles. The van der Waals surface area contributed by atoms with Gasteiger partial charge in [0.1, 0.15) is 0 Å². The molecule has 2 atom stereocenters. The first-order valence-electron chi connectivity index (χ1n) is 6.39. The fourth-order valence-corrected chi connectivity index (χ4v) is 2.43. The molecule has 3 N–H and O–H groups in total. The van der Waals surface area contributed by atoms with Crippen LogP contribution in [0, 0.1) is 5.92 Å². The molecule has 1 aromatic rings. The number of benzene rings is 1. The molecular weight excluding hydrogens is 308 g/mol. The van der Waals surface area contributed by atoms with Crippen LogP contribution in [0.1, 0.15) is 30.7 Å². The second-order valence-corrected chi connectivity index (χ2v) is 5.78. The van der Waals surface area contributed by atoms with Crippen LogP contribution in [0.5, 0.6) is 0 Å². The molecule has 0 unspecified atom stereocenters. The molecular formula is C14H17BrN2O2. The number of rotatable bonds is 6. The lowest BCUT2D eigenvalue weighted by molar-refractivity contribution is -0.123. The maximum atomic E-state index is 11.9. The lowest BCUT2D eigenvalue weighted by atomic mass is 10.1. The maximum Gasteiger partial charge on any atom is 0.223 e. The monoisotopic (exact) mass is 324 g/mol. The Morgan fingerprint density at radius 1 is 1.32 bits per heavy atom. The van der Waals surface area contributed by atoms with Crippen LogP contribution >= 0.6 is 15.9 Å². The summed E-state index contributed by atoms with van der Waals surface area (Å²) in [5.41, 5.74) is 6.25. The van der Waals surface area contributed by atoms with Gasteiger partial charge in [0.15, 0.2) is 0 Å². The molecule has 0 aromatic heterocycles. The van der Waals surface area contributed by atoms with Crippen LogP contribution in [0.15, 0.2) is 28.7 Å². The van der Waals surface area contributed by atoms with Crippen molar-refractivity contribution < 1.29 is 9.59 Å². The van der Waals surface area contributed by atoms with Crippen molar-refractivity contribution in [2.45, 2.75) is 25.2 Å². The SMILES string of the molecule is NC(=O)CCCNC(=O)[C@@H]1C[C@@H]1c1ccc(Br)cc1. The van der Waals surface area contributed by atoms with E-state index in [1.54, 1.807) is 0 Å². The van der Waals surface area contributed by atoms with Gasteiger partial charge in [0.05, 0.1) is 0 Å². The molecule has 0 bridgehead atoms. The van der Waals surface area contributed by atoms with Crippen LogP contribution in [0.2, 0.25) is 0 Å². The number of primary amides is 1. The van der Waals surface area contributed by atoms with E-state index in [2.05, 4.69) is 33.4 Å². The van der Waals surface area contributed by atoms with Gasteiger partial charge in [-0.05, 0) is 36.5 Å². The lowest BCUT2D eigenvalue weighted by Gasteiger charge is -2.04. The number of nitrogens with two attached hydrogens (primary N) is 1. The third-order valence-corrected chi connectivity index (χ3v) is 3.85. The molecule has 1 aliphatic rings. The van der Waals surface area contributed by atoms with E-state index in [9.17, 15) is 9.59 Å². The van der Waals surface area contributed by atoms with Crippen LogP contribution in [-0.4, -0.2) is 18.4 Å². The first kappa shape index (κ1) is 14.1. The Hall–Kier alpha value is -1.36. The van der Waals surface area contributed by atoms with Crippen LogP contribution < -0.4 is 11.1 Å². The predicted molar refractivity (Wildman–Crippen MR) is 76.4 cm³/mol.